The predicted octanol–water partition coefficient (Wildman–Crippen LogP) is 3.24. The van der Waals surface area contributed by atoms with Gasteiger partial charge in [-0.1, -0.05) is 18.2 Å². The first-order valence-electron chi connectivity index (χ1n) is 7.60. The summed E-state index contributed by atoms with van der Waals surface area (Å²) in [5, 5.41) is 0. The quantitative estimate of drug-likeness (QED) is 0.737. The first-order chi connectivity index (χ1) is 11.2. The molecule has 0 aliphatic carbocycles. The number of hydrogen-bond acceptors (Lipinski definition) is 4. The van der Waals surface area contributed by atoms with Gasteiger partial charge in [-0.2, -0.15) is 0 Å². The second kappa shape index (κ2) is 8.86. The van der Waals surface area contributed by atoms with Crippen LogP contribution in [0.1, 0.15) is 16.7 Å². The number of rotatable bonds is 7. The molecule has 0 saturated heterocycles. The molecule has 2 rings (SSSR count). The molecule has 0 fully saturated rings. The number of hydrogen-bond donors (Lipinski definition) is 0. The molecule has 1 aromatic carbocycles. The van der Waals surface area contributed by atoms with Crippen LogP contribution in [0.4, 0.5) is 0 Å². The molecule has 0 spiro atoms. The fourth-order valence-electron chi connectivity index (χ4n) is 2.05. The molecular formula is C19H23N3O. The van der Waals surface area contributed by atoms with Crippen LogP contribution in [0.2, 0.25) is 0 Å². The van der Waals surface area contributed by atoms with Crippen molar-refractivity contribution < 1.29 is 4.74 Å². The zero-order valence-corrected chi connectivity index (χ0v) is 13.9. The van der Waals surface area contributed by atoms with Crippen LogP contribution in [-0.4, -0.2) is 50.4 Å². The Morgan fingerprint density at radius 2 is 1.83 bits per heavy atom. The van der Waals surface area contributed by atoms with Gasteiger partial charge in [0.2, 0.25) is 0 Å². The summed E-state index contributed by atoms with van der Waals surface area (Å²) in [7, 11) is 5.76. The summed E-state index contributed by atoms with van der Waals surface area (Å²) in [6.45, 7) is 1.70. The monoisotopic (exact) mass is 309 g/mol. The number of nitrogens with zero attached hydrogens (tertiary/aromatic N) is 3. The molecule has 0 N–H and O–H groups in total. The van der Waals surface area contributed by atoms with Gasteiger partial charge in [-0.05, 0) is 49.5 Å². The van der Waals surface area contributed by atoms with Crippen LogP contribution in [-0.2, 0) is 0 Å². The molecule has 23 heavy (non-hydrogen) atoms. The van der Waals surface area contributed by atoms with Crippen molar-refractivity contribution in [1.29, 1.82) is 0 Å². The van der Waals surface area contributed by atoms with Gasteiger partial charge in [0.25, 0.3) is 0 Å². The van der Waals surface area contributed by atoms with Crippen molar-refractivity contribution in [3.63, 3.8) is 0 Å². The van der Waals surface area contributed by atoms with Crippen LogP contribution in [0.3, 0.4) is 0 Å². The minimum absolute atomic E-state index is 0.771. The topological polar surface area (TPSA) is 37.7 Å². The van der Waals surface area contributed by atoms with Gasteiger partial charge in [0.1, 0.15) is 5.75 Å². The second-order valence-corrected chi connectivity index (χ2v) is 5.45. The number of likely N-dealkylation sites (N-methyl/N-ethyl adjacent to an activating group) is 1. The van der Waals surface area contributed by atoms with Crippen LogP contribution in [0, 0.1) is 0 Å². The lowest BCUT2D eigenvalue weighted by atomic mass is 10.1. The number of methoxy groups -OCH3 is 1. The first-order valence-corrected chi connectivity index (χ1v) is 7.60. The highest BCUT2D eigenvalue weighted by molar-refractivity contribution is 5.85. The van der Waals surface area contributed by atoms with E-state index in [0.717, 1.165) is 35.5 Å². The highest BCUT2D eigenvalue weighted by Gasteiger charge is 2.01. The Bertz CT molecular complexity index is 664. The number of aromatic nitrogens is 1. The fraction of sp³-hybridized carbons (Fsp3) is 0.263. The minimum atomic E-state index is 0.771. The van der Waals surface area contributed by atoms with E-state index in [9.17, 15) is 0 Å². The Morgan fingerprint density at radius 3 is 2.52 bits per heavy atom. The summed E-state index contributed by atoms with van der Waals surface area (Å²) < 4.78 is 5.41. The van der Waals surface area contributed by atoms with Gasteiger partial charge in [0, 0.05) is 30.7 Å². The summed E-state index contributed by atoms with van der Waals surface area (Å²) in [6, 6.07) is 10.0. The van der Waals surface area contributed by atoms with Gasteiger partial charge < -0.3 is 9.64 Å². The number of aliphatic imine (C=N–C) groups is 1. The van der Waals surface area contributed by atoms with E-state index in [0.29, 0.717) is 0 Å². The van der Waals surface area contributed by atoms with Gasteiger partial charge in [0.05, 0.1) is 13.7 Å². The van der Waals surface area contributed by atoms with Crippen molar-refractivity contribution in [1.82, 2.24) is 9.88 Å². The zero-order valence-electron chi connectivity index (χ0n) is 13.9. The summed E-state index contributed by atoms with van der Waals surface area (Å²) in [4.78, 5) is 10.6. The highest BCUT2D eigenvalue weighted by Crippen LogP contribution is 2.19. The minimum Gasteiger partial charge on any atom is -0.496 e. The van der Waals surface area contributed by atoms with Gasteiger partial charge in [-0.25, -0.2) is 0 Å². The van der Waals surface area contributed by atoms with Crippen molar-refractivity contribution in [2.24, 2.45) is 4.99 Å². The van der Waals surface area contributed by atoms with Crippen molar-refractivity contribution >= 4 is 18.4 Å². The number of pyridine rings is 1. The molecule has 0 amide bonds. The van der Waals surface area contributed by atoms with Crippen LogP contribution in [0.15, 0.2) is 47.7 Å². The van der Waals surface area contributed by atoms with Crippen LogP contribution in [0.25, 0.3) is 12.2 Å². The first kappa shape index (κ1) is 16.9. The van der Waals surface area contributed by atoms with Crippen molar-refractivity contribution in [2.45, 2.75) is 0 Å². The normalized spacial score (nSPS) is 11.7. The Kier molecular flexibility index (Phi) is 6.51. The average Bonchev–Trinajstić information content (AvgIpc) is 2.58. The zero-order chi connectivity index (χ0) is 16.5. The average molecular weight is 309 g/mol. The molecule has 0 atom stereocenters. The number of ether oxygens (including phenoxy) is 1. The Labute approximate surface area is 138 Å². The lowest BCUT2D eigenvalue weighted by Crippen LogP contribution is -2.15. The fourth-order valence-corrected chi connectivity index (χ4v) is 2.05. The van der Waals surface area contributed by atoms with E-state index in [1.165, 1.54) is 0 Å². The third-order valence-electron chi connectivity index (χ3n) is 3.33. The Balaban J connectivity index is 2.13. The summed E-state index contributed by atoms with van der Waals surface area (Å²) in [5.41, 5.74) is 3.22. The van der Waals surface area contributed by atoms with Gasteiger partial charge in [-0.3, -0.25) is 9.98 Å². The predicted molar refractivity (Wildman–Crippen MR) is 97.2 cm³/mol. The lowest BCUT2D eigenvalue weighted by molar-refractivity contribution is 0.414. The van der Waals surface area contributed by atoms with Crippen LogP contribution in [0.5, 0.6) is 5.75 Å². The molecule has 0 radical (unpaired) electrons. The maximum absolute atomic E-state index is 5.41. The van der Waals surface area contributed by atoms with E-state index in [4.69, 9.17) is 4.74 Å². The van der Waals surface area contributed by atoms with E-state index >= 15 is 0 Å². The smallest absolute Gasteiger partial charge is 0.127 e. The Morgan fingerprint density at radius 1 is 1.09 bits per heavy atom. The van der Waals surface area contributed by atoms with Crippen LogP contribution < -0.4 is 4.74 Å². The maximum atomic E-state index is 5.41. The van der Waals surface area contributed by atoms with Crippen molar-refractivity contribution in [2.75, 3.05) is 34.3 Å². The molecule has 0 saturated carbocycles. The van der Waals surface area contributed by atoms with E-state index in [-0.39, 0.29) is 0 Å². The van der Waals surface area contributed by atoms with Crippen molar-refractivity contribution in [3.8, 4) is 5.75 Å². The summed E-state index contributed by atoms with van der Waals surface area (Å²) >= 11 is 0. The molecular weight excluding hydrogens is 286 g/mol. The molecule has 4 nitrogen and oxygen atoms in total. The molecule has 0 unspecified atom stereocenters. The van der Waals surface area contributed by atoms with Gasteiger partial charge >= 0.3 is 0 Å². The molecule has 120 valence electrons. The third kappa shape index (κ3) is 5.68. The standard InChI is InChI=1S/C19H23N3O/c1-22(2)13-12-21-15-18-14-17(6-7-19(18)23-3)5-4-16-8-10-20-11-9-16/h4-11,14-15H,12-13H2,1-3H3/b5-4+,21-15?. The van der Waals surface area contributed by atoms with E-state index in [2.05, 4.69) is 33.1 Å². The Hall–Kier alpha value is -2.46. The highest BCUT2D eigenvalue weighted by atomic mass is 16.5. The van der Waals surface area contributed by atoms with Gasteiger partial charge in [0.15, 0.2) is 0 Å². The lowest BCUT2D eigenvalue weighted by Gasteiger charge is -2.07. The summed E-state index contributed by atoms with van der Waals surface area (Å²) in [6.07, 6.45) is 9.60. The summed E-state index contributed by atoms with van der Waals surface area (Å²) in [5.74, 6) is 0.833. The molecule has 0 bridgehead atoms. The number of benzene rings is 1. The SMILES string of the molecule is COc1ccc(/C=C/c2ccncc2)cc1C=NCCN(C)C. The molecule has 0 aliphatic heterocycles. The largest absolute Gasteiger partial charge is 0.496 e. The van der Waals surface area contributed by atoms with E-state index in [1.54, 1.807) is 19.5 Å². The molecule has 1 aromatic heterocycles. The second-order valence-electron chi connectivity index (χ2n) is 5.45. The molecule has 2 aromatic rings. The van der Waals surface area contributed by atoms with Gasteiger partial charge in [-0.15, -0.1) is 0 Å². The molecule has 4 heteroatoms. The molecule has 0 aliphatic rings. The van der Waals surface area contributed by atoms with Crippen LogP contribution >= 0.6 is 0 Å². The van der Waals surface area contributed by atoms with Crippen molar-refractivity contribution in [3.05, 3.63) is 59.4 Å². The molecule has 1 heterocycles. The third-order valence-corrected chi connectivity index (χ3v) is 3.33. The van der Waals surface area contributed by atoms with E-state index in [1.807, 2.05) is 44.6 Å². The van der Waals surface area contributed by atoms with E-state index < -0.39 is 0 Å². The maximum Gasteiger partial charge on any atom is 0.127 e.